The van der Waals surface area contributed by atoms with Gasteiger partial charge in [-0.25, -0.2) is 22.4 Å². The lowest BCUT2D eigenvalue weighted by atomic mass is 10.1. The van der Waals surface area contributed by atoms with E-state index < -0.39 is 98.1 Å². The number of nitrogens with two attached hydrogens (primary N) is 1. The second-order valence-electron chi connectivity index (χ2n) is 21.8. The molecule has 2 aliphatic rings. The summed E-state index contributed by atoms with van der Waals surface area (Å²) in [4.78, 5) is 148. The molecule has 97 heavy (non-hydrogen) atoms. The van der Waals surface area contributed by atoms with Crippen LogP contribution in [0.15, 0.2) is 109 Å². The number of carbonyl (C=O) groups is 8. The molecular weight excluding hydrogens is 1370 g/mol. The van der Waals surface area contributed by atoms with Gasteiger partial charge in [0.15, 0.2) is 11.6 Å². The van der Waals surface area contributed by atoms with Crippen LogP contribution in [0.4, 0.5) is 28.0 Å². The second kappa shape index (κ2) is 33.9. The van der Waals surface area contributed by atoms with Crippen molar-refractivity contribution in [2.75, 3.05) is 32.0 Å². The molecule has 2 aliphatic heterocycles. The molecule has 3 radical (unpaired) electrons. The summed E-state index contributed by atoms with van der Waals surface area (Å²) < 4.78 is 96.8. The number of carbonyl (C=O) groups excluding carboxylic acids is 8. The predicted octanol–water partition coefficient (Wildman–Crippen LogP) is 7.87. The molecule has 0 bridgehead atoms. The number of alkyl halides is 2. The molecule has 2 saturated heterocycles. The Kier molecular flexibility index (Phi) is 27.0. The lowest BCUT2D eigenvalue weighted by Gasteiger charge is -2.24. The predicted molar refractivity (Wildman–Crippen MR) is 344 cm³/mol. The van der Waals surface area contributed by atoms with Crippen LogP contribution in [-0.2, 0) is 59.3 Å². The lowest BCUT2D eigenvalue weighted by Crippen LogP contribution is -2.46. The van der Waals surface area contributed by atoms with Gasteiger partial charge in [-0.05, 0) is 68.8 Å². The number of nitrogens with zero attached hydrogens (tertiary/aromatic N) is 5. The third kappa shape index (κ3) is 21.3. The van der Waals surface area contributed by atoms with E-state index in [9.17, 15) is 75.2 Å². The molecule has 4 heterocycles. The Labute approximate surface area is 561 Å². The van der Waals surface area contributed by atoms with Gasteiger partial charge >= 0.3 is 27.3 Å². The van der Waals surface area contributed by atoms with Gasteiger partial charge in [-0.3, -0.25) is 52.8 Å². The van der Waals surface area contributed by atoms with Gasteiger partial charge in [0.1, 0.15) is 66.4 Å². The van der Waals surface area contributed by atoms with Crippen molar-refractivity contribution >= 4 is 122 Å². The van der Waals surface area contributed by atoms with Crippen molar-refractivity contribution in [1.29, 1.82) is 0 Å². The number of hydrogen-bond donors (Lipinski definition) is 7. The molecule has 0 spiro atoms. The Morgan fingerprint density at radius 1 is 0.639 bits per heavy atom. The van der Waals surface area contributed by atoms with Crippen LogP contribution in [0.1, 0.15) is 71.4 Å². The van der Waals surface area contributed by atoms with Crippen molar-refractivity contribution in [3.63, 3.8) is 0 Å². The largest absolute Gasteiger partial charge is 0.519 e. The van der Waals surface area contributed by atoms with Crippen LogP contribution in [0.25, 0.3) is 21.8 Å². The highest BCUT2D eigenvalue weighted by Gasteiger charge is 2.41. The zero-order chi connectivity index (χ0) is 70.5. The van der Waals surface area contributed by atoms with Crippen LogP contribution in [0.2, 0.25) is 10.0 Å². The second-order valence-corrected chi connectivity index (χ2v) is 26.2. The highest BCUT2D eigenvalue weighted by molar-refractivity contribution is 7.52. The summed E-state index contributed by atoms with van der Waals surface area (Å²) in [6.45, 7) is 0.846. The molecule has 0 saturated carbocycles. The van der Waals surface area contributed by atoms with Gasteiger partial charge < -0.3 is 69.1 Å². The van der Waals surface area contributed by atoms with E-state index in [0.717, 1.165) is 21.9 Å². The van der Waals surface area contributed by atoms with Crippen LogP contribution in [0, 0.1) is 21.7 Å². The number of ketones is 2. The molecule has 2 aromatic heterocycles. The van der Waals surface area contributed by atoms with E-state index in [1.54, 1.807) is 0 Å². The minimum absolute atomic E-state index is 0. The van der Waals surface area contributed by atoms with E-state index in [4.69, 9.17) is 62.7 Å². The van der Waals surface area contributed by atoms with Crippen molar-refractivity contribution in [3.05, 3.63) is 164 Å². The van der Waals surface area contributed by atoms with E-state index in [0.29, 0.717) is 21.8 Å². The Bertz CT molecular complexity index is 4240. The number of nitrogens with one attached hydrogen (secondary N) is 2. The van der Waals surface area contributed by atoms with Gasteiger partial charge in [-0.15, -0.1) is 0 Å². The SMILES string of the molecule is CC(=O)c1cn(CC(=O)N2C[C@H](F)C[C@H]2C(=O)NCc2cccc(Cl)c2F)c2cc(OC(=O)CCCP(=O)(O)O)ccc12.CC(=O)c1cn(CC(=O)N2C[C@H](F)C[C@H]2C(=O)NCc2cccc(Cl)c2F)c2cc(OC(=O)Oc3ccc([N+](=O)[O-])cc3)ccc12.NCCP(=O)(O)O.[B]. The number of aromatic nitrogens is 2. The number of hydrogen-bond acceptors (Lipinski definition) is 16. The van der Waals surface area contributed by atoms with Gasteiger partial charge in [-0.2, -0.15) is 0 Å². The molecule has 4 atom stereocenters. The summed E-state index contributed by atoms with van der Waals surface area (Å²) in [6.07, 6.45) is -2.72. The van der Waals surface area contributed by atoms with E-state index in [-0.39, 0.29) is 153 Å². The quantitative estimate of drug-likeness (QED) is 0.00390. The third-order valence-electron chi connectivity index (χ3n) is 14.7. The summed E-state index contributed by atoms with van der Waals surface area (Å²) in [5.41, 5.74) is 6.11. The maximum absolute atomic E-state index is 14.5. The lowest BCUT2D eigenvalue weighted by molar-refractivity contribution is -0.384. The van der Waals surface area contributed by atoms with E-state index in [2.05, 4.69) is 10.6 Å². The van der Waals surface area contributed by atoms with Crippen LogP contribution < -0.4 is 30.6 Å². The van der Waals surface area contributed by atoms with Crippen molar-refractivity contribution in [1.82, 2.24) is 29.6 Å². The summed E-state index contributed by atoms with van der Waals surface area (Å²) in [7, 11) is -8.05. The molecule has 0 unspecified atom stereocenters. The molecule has 9 rings (SSSR count). The third-order valence-corrected chi connectivity index (χ3v) is 17.0. The molecule has 0 aliphatic carbocycles. The van der Waals surface area contributed by atoms with Gasteiger partial charge in [0.25, 0.3) is 5.69 Å². The summed E-state index contributed by atoms with van der Waals surface area (Å²) in [6, 6.07) is 19.8. The minimum atomic E-state index is -4.26. The maximum atomic E-state index is 14.5. The molecule has 2 fully saturated rings. The Morgan fingerprint density at radius 3 is 1.44 bits per heavy atom. The number of rotatable bonds is 22. The Hall–Kier alpha value is -8.84. The van der Waals surface area contributed by atoms with Crippen molar-refractivity contribution < 1.29 is 104 Å². The average molecular weight is 1430 g/mol. The first kappa shape index (κ1) is 77.2. The molecule has 515 valence electrons. The molecule has 7 aromatic rings. The fraction of sp³-hybridized carbons (Fsp3) is 0.311. The number of nitro groups is 1. The normalized spacial score (nSPS) is 15.8. The maximum Gasteiger partial charge on any atom is 0.519 e. The highest BCUT2D eigenvalue weighted by Crippen LogP contribution is 2.36. The fourth-order valence-corrected chi connectivity index (χ4v) is 11.5. The Morgan fingerprint density at radius 2 is 1.05 bits per heavy atom. The first-order valence-electron chi connectivity index (χ1n) is 28.9. The number of benzene rings is 5. The topological polar surface area (TPSA) is 389 Å². The van der Waals surface area contributed by atoms with Crippen molar-refractivity contribution in [2.24, 2.45) is 5.73 Å². The number of nitro benzene ring substituents is 1. The monoisotopic (exact) mass is 1430 g/mol. The number of fused-ring (bicyclic) bond motifs is 2. The molecule has 5 aromatic carbocycles. The number of likely N-dealkylation sites (tertiary alicyclic amines) is 2. The van der Waals surface area contributed by atoms with E-state index >= 15 is 0 Å². The summed E-state index contributed by atoms with van der Waals surface area (Å²) in [5, 5.41) is 16.6. The van der Waals surface area contributed by atoms with Crippen molar-refractivity contribution in [3.8, 4) is 17.2 Å². The van der Waals surface area contributed by atoms with Gasteiger partial charge in [0, 0.05) is 117 Å². The first-order valence-corrected chi connectivity index (χ1v) is 33.3. The number of esters is 1. The van der Waals surface area contributed by atoms with E-state index in [1.807, 2.05) is 0 Å². The standard InChI is InChI=1S/C31H25ClF2N4O8.C28H29ClF2N3O8P.C2H8NO3P.B/c1-17(39)24-15-36(26-12-22(9-10-23(24)26)46-31(42)45-21-7-5-20(6-8-21)38(43)44)16-28(40)37-14-19(33)11-27(37)30(41)35-13-18-3-2-4-25(32)29(18)34;1-16(35)21-14-33(23-11-19(7-8-20(21)23)42-26(37)6-3-9-43(39,40)41)15-25(36)34-13-18(30)10-24(34)28(38)32-12-17-4-2-5-22(29)27(17)31;3-1-2-7(4,5)6;/h2-10,12,15,19,27H,11,13-14,16H2,1H3,(H,35,41);2,4-5,7-8,11,14,18,24H,3,6,9-10,12-13,15H2,1H3,(H,32,38)(H2,39,40,41);1-3H2,(H2,4,5,6);/t19-,27+;18-,24+;;/m11../s1. The van der Waals surface area contributed by atoms with Crippen LogP contribution in [0.5, 0.6) is 17.2 Å². The number of halogens is 6. The molecular formula is C61H62BCl2F4N8O19P2. The molecule has 8 N–H and O–H groups in total. The summed E-state index contributed by atoms with van der Waals surface area (Å²) in [5.74, 6) is -5.22. The molecule has 36 heteroatoms. The number of non-ortho nitro benzene ring substituents is 1. The zero-order valence-corrected chi connectivity index (χ0v) is 54.7. The number of ether oxygens (including phenoxy) is 3. The Balaban J connectivity index is 0.000000277. The van der Waals surface area contributed by atoms with Crippen LogP contribution in [-0.4, -0.2) is 156 Å². The van der Waals surface area contributed by atoms with Gasteiger partial charge in [0.05, 0.1) is 51.4 Å². The first-order chi connectivity index (χ1) is 45.2. The van der Waals surface area contributed by atoms with Gasteiger partial charge in [-0.1, -0.05) is 47.5 Å². The zero-order valence-electron chi connectivity index (χ0n) is 51.4. The fourth-order valence-electron chi connectivity index (χ4n) is 10.2. The summed E-state index contributed by atoms with van der Waals surface area (Å²) >= 11 is 11.6. The van der Waals surface area contributed by atoms with Gasteiger partial charge in [0.2, 0.25) is 23.6 Å². The molecule has 27 nitrogen and oxygen atoms in total. The van der Waals surface area contributed by atoms with Crippen LogP contribution >= 0.6 is 38.4 Å². The number of Topliss-reactive ketones (excluding diaryl/α,β-unsaturated/α-hetero) is 2. The molecule has 4 amide bonds. The van der Waals surface area contributed by atoms with Crippen molar-refractivity contribution in [2.45, 2.75) is 90.1 Å². The van der Waals surface area contributed by atoms with Crippen LogP contribution in [0.3, 0.4) is 0 Å². The van der Waals surface area contributed by atoms with E-state index in [1.165, 1.54) is 120 Å². The number of amides is 4. The smallest absolute Gasteiger partial charge is 0.426 e. The average Bonchev–Trinajstić information content (AvgIpc) is 1.64. The highest BCUT2D eigenvalue weighted by atomic mass is 35.5. The minimum Gasteiger partial charge on any atom is -0.426 e.